The fourth-order valence-corrected chi connectivity index (χ4v) is 27.9. The van der Waals surface area contributed by atoms with E-state index in [1.165, 1.54) is 314 Å². The summed E-state index contributed by atoms with van der Waals surface area (Å²) in [5.41, 5.74) is 25.8. The fourth-order valence-electron chi connectivity index (χ4n) is 27.9. The highest BCUT2D eigenvalue weighted by Gasteiger charge is 2.44. The van der Waals surface area contributed by atoms with Gasteiger partial charge in [0.05, 0.1) is 0 Å². The highest BCUT2D eigenvalue weighted by Crippen LogP contribution is 2.59. The zero-order chi connectivity index (χ0) is 93.9. The van der Waals surface area contributed by atoms with Crippen LogP contribution in [0.25, 0.3) is 66.8 Å². The van der Waals surface area contributed by atoms with E-state index in [4.69, 9.17) is 0 Å². The summed E-state index contributed by atoms with van der Waals surface area (Å²) in [6.07, 6.45) is 60.1. The van der Waals surface area contributed by atoms with Gasteiger partial charge in [0.15, 0.2) is 0 Å². The van der Waals surface area contributed by atoms with Crippen LogP contribution in [0.4, 0.5) is 0 Å². The number of rotatable bonds is 16. The summed E-state index contributed by atoms with van der Waals surface area (Å²) in [4.78, 5) is 0. The molecule has 138 heavy (non-hydrogen) atoms. The molecule has 11 aliphatic carbocycles. The van der Waals surface area contributed by atoms with Gasteiger partial charge in [-0.05, 0) is 337 Å². The second-order valence-electron chi connectivity index (χ2n) is 44.2. The van der Waals surface area contributed by atoms with E-state index in [1.54, 1.807) is 0 Å². The van der Waals surface area contributed by atoms with Gasteiger partial charge in [-0.15, -0.1) is 0 Å². The quantitative estimate of drug-likeness (QED) is 0.0573. The zero-order valence-corrected chi connectivity index (χ0v) is 82.7. The Labute approximate surface area is 827 Å². The van der Waals surface area contributed by atoms with E-state index >= 15 is 0 Å². The van der Waals surface area contributed by atoms with Crippen molar-refractivity contribution in [1.29, 1.82) is 0 Å². The van der Waals surface area contributed by atoms with Gasteiger partial charge in [-0.1, -0.05) is 397 Å². The summed E-state index contributed by atoms with van der Waals surface area (Å²) in [7, 11) is 0. The van der Waals surface area contributed by atoms with Crippen LogP contribution in [-0.2, 0) is 0 Å². The highest BCUT2D eigenvalue weighted by atomic mass is 16.3. The van der Waals surface area contributed by atoms with Gasteiger partial charge in [-0.25, -0.2) is 0 Å². The lowest BCUT2D eigenvalue weighted by Crippen LogP contribution is -2.12. The summed E-state index contributed by atoms with van der Waals surface area (Å²) < 4.78 is 0. The predicted molar refractivity (Wildman–Crippen MR) is 575 cm³/mol. The van der Waals surface area contributed by atoms with Crippen LogP contribution in [0.2, 0.25) is 0 Å². The SMILES string of the molecule is Oc1c(-c2ccccc2)cc(C2CC3CCC2C3)cc1C1CCCCC1.Oc1c(-c2ccccc2)cc(C2CCCCC2)cc1C1CC2CCC1C2.Oc1c(-c2ccccc2)cc(C2CCCCC2)cc1C1CCCCCCC1.Oc1c(-c2ccccc2)cc(C2CCCCCCC2)cc1C1CCCCC1.Oc1c(-c2ccccc2)cccc1C1CCC(c2cccc(-c3ccccc3)c2O)CC1. The Morgan fingerprint density at radius 3 is 0.659 bits per heavy atom. The van der Waals surface area contributed by atoms with Crippen LogP contribution in [0, 0.1) is 23.7 Å². The zero-order valence-electron chi connectivity index (χ0n) is 82.7. The molecule has 12 aromatic rings. The van der Waals surface area contributed by atoms with Gasteiger partial charge in [-0.2, -0.15) is 0 Å². The Bertz CT molecular complexity index is 5660. The number of hydrogen-bond donors (Lipinski definition) is 6. The molecule has 6 atom stereocenters. The van der Waals surface area contributed by atoms with E-state index in [2.05, 4.69) is 194 Å². The normalized spacial score (nSPS) is 22.9. The first-order valence-corrected chi connectivity index (χ1v) is 55.4. The minimum atomic E-state index is 0.342. The maximum Gasteiger partial charge on any atom is 0.126 e. The molecule has 0 radical (unpaired) electrons. The molecule has 11 saturated carbocycles. The lowest BCUT2D eigenvalue weighted by Gasteiger charge is -2.30. The van der Waals surface area contributed by atoms with Crippen molar-refractivity contribution in [2.45, 2.75) is 355 Å². The Kier molecular flexibility index (Phi) is 32.9. The third-order valence-corrected chi connectivity index (χ3v) is 35.6. The van der Waals surface area contributed by atoms with Crippen LogP contribution >= 0.6 is 0 Å². The van der Waals surface area contributed by atoms with Crippen LogP contribution in [0.3, 0.4) is 0 Å². The Morgan fingerprint density at radius 1 is 0.152 bits per heavy atom. The first-order chi connectivity index (χ1) is 68.0. The minimum Gasteiger partial charge on any atom is -0.507 e. The van der Waals surface area contributed by atoms with Crippen LogP contribution in [0.5, 0.6) is 34.5 Å². The molecular formula is C132H156O6. The summed E-state index contributed by atoms with van der Waals surface area (Å²) >= 11 is 0. The molecule has 6 unspecified atom stereocenters. The first kappa shape index (κ1) is 96.3. The monoisotopic (exact) mass is 1840 g/mol. The molecule has 6 nitrogen and oxygen atoms in total. The van der Waals surface area contributed by atoms with E-state index in [0.29, 0.717) is 87.8 Å². The molecular weight excluding hydrogens is 1680 g/mol. The molecule has 0 heterocycles. The number of hydrogen-bond acceptors (Lipinski definition) is 6. The van der Waals surface area contributed by atoms with Crippen LogP contribution in [-0.4, -0.2) is 30.6 Å². The van der Waals surface area contributed by atoms with Crippen molar-refractivity contribution < 1.29 is 30.6 Å². The van der Waals surface area contributed by atoms with Gasteiger partial charge in [0.25, 0.3) is 0 Å². The number of benzene rings is 12. The largest absolute Gasteiger partial charge is 0.507 e. The third-order valence-electron chi connectivity index (χ3n) is 35.6. The van der Waals surface area contributed by atoms with Gasteiger partial charge in [0.1, 0.15) is 34.5 Å². The second-order valence-corrected chi connectivity index (χ2v) is 44.2. The average molecular weight is 1840 g/mol. The van der Waals surface area contributed by atoms with Crippen molar-refractivity contribution in [3.05, 3.63) is 323 Å². The maximum absolute atomic E-state index is 11.3. The molecule has 6 heteroatoms. The lowest BCUT2D eigenvalue weighted by molar-refractivity contribution is 0.372. The molecule has 4 bridgehead atoms. The number of aromatic hydroxyl groups is 6. The third kappa shape index (κ3) is 23.2. The first-order valence-electron chi connectivity index (χ1n) is 55.4. The van der Waals surface area contributed by atoms with E-state index in [-0.39, 0.29) is 0 Å². The van der Waals surface area contributed by atoms with E-state index in [0.717, 1.165) is 133 Å². The smallest absolute Gasteiger partial charge is 0.126 e. The van der Waals surface area contributed by atoms with Crippen molar-refractivity contribution in [2.75, 3.05) is 0 Å². The van der Waals surface area contributed by atoms with Crippen molar-refractivity contribution >= 4 is 0 Å². The van der Waals surface area contributed by atoms with Gasteiger partial charge in [-0.3, -0.25) is 0 Å². The van der Waals surface area contributed by atoms with Crippen molar-refractivity contribution in [2.24, 2.45) is 23.7 Å². The molecule has 0 aromatic heterocycles. The van der Waals surface area contributed by atoms with Gasteiger partial charge in [0, 0.05) is 33.4 Å². The van der Waals surface area contributed by atoms with Gasteiger partial charge >= 0.3 is 0 Å². The number of fused-ring (bicyclic) bond motifs is 4. The molecule has 0 saturated heterocycles. The Balaban J connectivity index is 0.000000110. The van der Waals surface area contributed by atoms with Crippen molar-refractivity contribution in [1.82, 2.24) is 0 Å². The molecule has 11 aliphatic rings. The minimum absolute atomic E-state index is 0.342. The van der Waals surface area contributed by atoms with Gasteiger partial charge in [0.2, 0.25) is 0 Å². The Morgan fingerprint density at radius 2 is 0.377 bits per heavy atom. The maximum atomic E-state index is 11.3. The summed E-state index contributed by atoms with van der Waals surface area (Å²) in [5.74, 6) is 12.2. The average Bonchev–Trinajstić information content (AvgIpc) is 1.58. The van der Waals surface area contributed by atoms with Crippen molar-refractivity contribution in [3.63, 3.8) is 0 Å². The lowest BCUT2D eigenvalue weighted by atomic mass is 9.75. The molecule has 11 fully saturated rings. The van der Waals surface area contributed by atoms with Crippen LogP contribution in [0.15, 0.2) is 267 Å². The second kappa shape index (κ2) is 47.1. The molecule has 0 amide bonds. The molecule has 12 aromatic carbocycles. The van der Waals surface area contributed by atoms with Crippen LogP contribution in [0.1, 0.15) is 410 Å². The molecule has 23 rings (SSSR count). The topological polar surface area (TPSA) is 121 Å². The standard InChI is InChI=1S/C30H28O2.2C26H34O.2C25H30O/c31-29-25(21-9-3-1-4-10-21)13-7-15-27(29)23-17-19-24(20-18-23)28-16-8-14-26(30(28)32)22-11-5-2-6-12-22;27-26-24(21-14-6-2-1-3-7-15-21)18-23(20-12-8-4-9-13-20)19-25(26)22-16-10-5-11-17-22;27-26-24(21-14-8-4-9-15-21)18-23(20-12-6-2-1-3-7-13-20)19-25(26)22-16-10-5-11-17-22;26-25-23(18-7-3-1-4-8-18)15-21(22-14-17-11-12-20(22)13-17)16-24(25)19-9-5-2-6-10-19;26-25-23(19-9-5-2-6-10-19)15-21(18-7-3-1-4-8-18)16-24(25)22-14-17-11-12-20(22)13-17/h1-16,23-24,31-32H,17-20H2;5,10-11,16-21,27H,1-4,6-9,12-15H2;4,8-9,14-15,18-20,22,27H,1-3,5-7,10-13,16-17H2;1,3-4,7-8,15-17,19-20,22,26H,2,5-6,9-14H2;2,5-6,9-10,15-18,20,22,26H,1,3-4,7-8,11-14H2. The number of para-hydroxylation sites is 2. The molecule has 0 spiro atoms. The summed E-state index contributed by atoms with van der Waals surface area (Å²) in [6.45, 7) is 0. The van der Waals surface area contributed by atoms with E-state index in [9.17, 15) is 30.6 Å². The Hall–Kier alpha value is -10.6. The molecule has 6 N–H and O–H groups in total. The van der Waals surface area contributed by atoms with Crippen LogP contribution < -0.4 is 0 Å². The number of phenolic OH excluding ortho intramolecular Hbond substituents is 6. The van der Waals surface area contributed by atoms with Crippen molar-refractivity contribution in [3.8, 4) is 101 Å². The van der Waals surface area contributed by atoms with Gasteiger partial charge < -0.3 is 30.6 Å². The highest BCUT2D eigenvalue weighted by molar-refractivity contribution is 5.78. The predicted octanol–water partition coefficient (Wildman–Crippen LogP) is 37.8. The summed E-state index contributed by atoms with van der Waals surface area (Å²) in [6, 6.07) is 93.2. The fraction of sp³-hybridized carbons (Fsp3) is 0.455. The molecule has 720 valence electrons. The van der Waals surface area contributed by atoms with E-state index < -0.39 is 0 Å². The summed E-state index contributed by atoms with van der Waals surface area (Å²) in [5, 5.41) is 67.0. The van der Waals surface area contributed by atoms with E-state index in [1.807, 2.05) is 72.8 Å². The molecule has 0 aliphatic heterocycles. The number of phenols is 6.